The van der Waals surface area contributed by atoms with Gasteiger partial charge in [-0.25, -0.2) is 13.1 Å². The fourth-order valence-corrected chi connectivity index (χ4v) is 3.47. The molecule has 0 aliphatic heterocycles. The first-order valence-electron chi connectivity index (χ1n) is 6.57. The molecule has 1 aromatic carbocycles. The molecule has 0 fully saturated rings. The molecule has 6 heteroatoms. The van der Waals surface area contributed by atoms with Crippen LogP contribution in [0.2, 0.25) is 0 Å². The highest BCUT2D eigenvalue weighted by atomic mass is 32.2. The Kier molecular flexibility index (Phi) is 7.02. The maximum atomic E-state index is 11.9. The van der Waals surface area contributed by atoms with Crippen molar-refractivity contribution < 1.29 is 13.5 Å². The van der Waals surface area contributed by atoms with E-state index in [-0.39, 0.29) is 12.3 Å². The molecule has 0 aliphatic carbocycles. The number of sulfonamides is 1. The second kappa shape index (κ2) is 8.02. The predicted molar refractivity (Wildman–Crippen MR) is 85.6 cm³/mol. The number of aryl methyl sites for hydroxylation is 1. The number of thioether (sulfide) groups is 1. The Hall–Kier alpha value is -0.560. The van der Waals surface area contributed by atoms with E-state index in [1.165, 1.54) is 0 Å². The van der Waals surface area contributed by atoms with Crippen molar-refractivity contribution in [3.8, 4) is 0 Å². The maximum absolute atomic E-state index is 11.9. The smallest absolute Gasteiger partial charge is 0.212 e. The van der Waals surface area contributed by atoms with Gasteiger partial charge in [-0.3, -0.25) is 0 Å². The van der Waals surface area contributed by atoms with Crippen LogP contribution in [0.15, 0.2) is 30.3 Å². The Bertz CT molecular complexity index is 486. The van der Waals surface area contributed by atoms with Crippen molar-refractivity contribution >= 4 is 21.8 Å². The zero-order chi connectivity index (χ0) is 15.1. The van der Waals surface area contributed by atoms with Gasteiger partial charge in [-0.1, -0.05) is 30.3 Å². The number of aliphatic hydroxyl groups is 1. The van der Waals surface area contributed by atoms with Crippen molar-refractivity contribution in [2.45, 2.75) is 25.4 Å². The van der Waals surface area contributed by atoms with Crippen LogP contribution in [-0.4, -0.2) is 43.4 Å². The van der Waals surface area contributed by atoms with Crippen molar-refractivity contribution in [1.82, 2.24) is 4.72 Å². The highest BCUT2D eigenvalue weighted by Crippen LogP contribution is 2.12. The standard InChI is InChI=1S/C14H23NO3S2/c1-14(16,9-10-19-2)12-15-20(17,18)11-8-13-6-4-3-5-7-13/h3-7,15-16H,8-12H2,1-2H3. The molecular weight excluding hydrogens is 294 g/mol. The van der Waals surface area contributed by atoms with Gasteiger partial charge in [0.05, 0.1) is 11.4 Å². The maximum Gasteiger partial charge on any atom is 0.212 e. The highest BCUT2D eigenvalue weighted by Gasteiger charge is 2.22. The molecule has 0 aliphatic rings. The van der Waals surface area contributed by atoms with Crippen molar-refractivity contribution in [2.24, 2.45) is 0 Å². The third kappa shape index (κ3) is 7.28. The van der Waals surface area contributed by atoms with E-state index in [4.69, 9.17) is 0 Å². The largest absolute Gasteiger partial charge is 0.389 e. The highest BCUT2D eigenvalue weighted by molar-refractivity contribution is 7.98. The summed E-state index contributed by atoms with van der Waals surface area (Å²) in [5, 5.41) is 10.1. The summed E-state index contributed by atoms with van der Waals surface area (Å²) in [6.07, 6.45) is 3.00. The molecule has 0 spiro atoms. The molecule has 2 N–H and O–H groups in total. The number of rotatable bonds is 9. The molecule has 0 heterocycles. The van der Waals surface area contributed by atoms with Crippen molar-refractivity contribution in [3.05, 3.63) is 35.9 Å². The summed E-state index contributed by atoms with van der Waals surface area (Å²) in [5.74, 6) is 0.842. The normalized spacial score (nSPS) is 14.9. The quantitative estimate of drug-likeness (QED) is 0.727. The Morgan fingerprint density at radius 1 is 1.30 bits per heavy atom. The van der Waals surface area contributed by atoms with Gasteiger partial charge in [0.25, 0.3) is 0 Å². The molecule has 1 rings (SSSR count). The van der Waals surface area contributed by atoms with Crippen LogP contribution in [0, 0.1) is 0 Å². The fraction of sp³-hybridized carbons (Fsp3) is 0.571. The summed E-state index contributed by atoms with van der Waals surface area (Å²) in [7, 11) is -3.35. The monoisotopic (exact) mass is 317 g/mol. The van der Waals surface area contributed by atoms with E-state index >= 15 is 0 Å². The fourth-order valence-electron chi connectivity index (χ4n) is 1.64. The zero-order valence-electron chi connectivity index (χ0n) is 12.0. The van der Waals surface area contributed by atoms with Crippen LogP contribution in [-0.2, 0) is 16.4 Å². The first-order valence-corrected chi connectivity index (χ1v) is 9.62. The predicted octanol–water partition coefficient (Wildman–Crippen LogP) is 1.65. The third-order valence-electron chi connectivity index (χ3n) is 3.02. The van der Waals surface area contributed by atoms with Crippen molar-refractivity contribution in [1.29, 1.82) is 0 Å². The SMILES string of the molecule is CSCCC(C)(O)CNS(=O)(=O)CCc1ccccc1. The number of benzene rings is 1. The van der Waals surface area contributed by atoms with Crippen LogP contribution in [0.4, 0.5) is 0 Å². The Balaban J connectivity index is 2.42. The van der Waals surface area contributed by atoms with E-state index in [0.717, 1.165) is 11.3 Å². The van der Waals surface area contributed by atoms with Crippen LogP contribution in [0.1, 0.15) is 18.9 Å². The number of nitrogens with one attached hydrogen (secondary N) is 1. The van der Waals surface area contributed by atoms with Gasteiger partial charge in [0, 0.05) is 6.54 Å². The first-order chi connectivity index (χ1) is 9.35. The van der Waals surface area contributed by atoms with E-state index in [1.807, 2.05) is 36.6 Å². The second-order valence-electron chi connectivity index (χ2n) is 5.12. The second-order valence-corrected chi connectivity index (χ2v) is 8.03. The average Bonchev–Trinajstić information content (AvgIpc) is 2.43. The van der Waals surface area contributed by atoms with Crippen LogP contribution < -0.4 is 4.72 Å². The molecule has 0 bridgehead atoms. The van der Waals surface area contributed by atoms with E-state index in [2.05, 4.69) is 4.72 Å². The molecule has 0 radical (unpaired) electrons. The molecule has 1 atom stereocenters. The van der Waals surface area contributed by atoms with E-state index in [0.29, 0.717) is 12.8 Å². The van der Waals surface area contributed by atoms with Crippen LogP contribution in [0.5, 0.6) is 0 Å². The first kappa shape index (κ1) is 17.5. The summed E-state index contributed by atoms with van der Waals surface area (Å²) < 4.78 is 26.3. The molecule has 114 valence electrons. The van der Waals surface area contributed by atoms with Crippen LogP contribution in [0.25, 0.3) is 0 Å². The van der Waals surface area contributed by atoms with E-state index < -0.39 is 15.6 Å². The lowest BCUT2D eigenvalue weighted by molar-refractivity contribution is 0.0626. The Morgan fingerprint density at radius 2 is 1.95 bits per heavy atom. The lowest BCUT2D eigenvalue weighted by atomic mass is 10.1. The summed E-state index contributed by atoms with van der Waals surface area (Å²) >= 11 is 1.63. The summed E-state index contributed by atoms with van der Waals surface area (Å²) in [5.41, 5.74) is -0.00459. The molecule has 1 unspecified atom stereocenters. The minimum absolute atomic E-state index is 0.0373. The average molecular weight is 317 g/mol. The van der Waals surface area contributed by atoms with Gasteiger partial charge in [-0.2, -0.15) is 11.8 Å². The van der Waals surface area contributed by atoms with Gasteiger partial charge < -0.3 is 5.11 Å². The minimum Gasteiger partial charge on any atom is -0.389 e. The molecule has 20 heavy (non-hydrogen) atoms. The van der Waals surface area contributed by atoms with Gasteiger partial charge >= 0.3 is 0 Å². The molecule has 0 aromatic heterocycles. The third-order valence-corrected chi connectivity index (χ3v) is 4.96. The van der Waals surface area contributed by atoms with E-state index in [9.17, 15) is 13.5 Å². The molecule has 0 amide bonds. The summed E-state index contributed by atoms with van der Waals surface area (Å²) in [4.78, 5) is 0. The molecule has 0 saturated carbocycles. The number of hydrogen-bond donors (Lipinski definition) is 2. The van der Waals surface area contributed by atoms with E-state index in [1.54, 1.807) is 18.7 Å². The van der Waals surface area contributed by atoms with Gasteiger partial charge in [0.2, 0.25) is 10.0 Å². The lowest BCUT2D eigenvalue weighted by Crippen LogP contribution is -2.42. The minimum atomic E-state index is -3.35. The number of hydrogen-bond acceptors (Lipinski definition) is 4. The molecule has 0 saturated heterocycles. The Labute approximate surface area is 126 Å². The lowest BCUT2D eigenvalue weighted by Gasteiger charge is -2.23. The van der Waals surface area contributed by atoms with Gasteiger partial charge in [0.15, 0.2) is 0 Å². The Morgan fingerprint density at radius 3 is 2.55 bits per heavy atom. The zero-order valence-corrected chi connectivity index (χ0v) is 13.6. The van der Waals surface area contributed by atoms with Crippen molar-refractivity contribution in [2.75, 3.05) is 24.3 Å². The topological polar surface area (TPSA) is 66.4 Å². The molecule has 1 aromatic rings. The van der Waals surface area contributed by atoms with Crippen molar-refractivity contribution in [3.63, 3.8) is 0 Å². The van der Waals surface area contributed by atoms with Crippen LogP contribution >= 0.6 is 11.8 Å². The van der Waals surface area contributed by atoms with Crippen LogP contribution in [0.3, 0.4) is 0 Å². The van der Waals surface area contributed by atoms with Gasteiger partial charge in [-0.05, 0) is 37.3 Å². The van der Waals surface area contributed by atoms with Gasteiger partial charge in [0.1, 0.15) is 0 Å². The summed E-state index contributed by atoms with van der Waals surface area (Å²) in [6.45, 7) is 1.72. The molecular formula is C14H23NO3S2. The molecule has 4 nitrogen and oxygen atoms in total. The van der Waals surface area contributed by atoms with Gasteiger partial charge in [-0.15, -0.1) is 0 Å². The summed E-state index contributed by atoms with van der Waals surface area (Å²) in [6, 6.07) is 9.50.